The number of amides is 1. The van der Waals surface area contributed by atoms with Gasteiger partial charge in [0.25, 0.3) is 5.91 Å². The highest BCUT2D eigenvalue weighted by atomic mass is 16.5. The Hall–Kier alpha value is -2.00. The van der Waals surface area contributed by atoms with Gasteiger partial charge in [0, 0.05) is 6.54 Å². The second-order valence-electron chi connectivity index (χ2n) is 4.93. The second-order valence-corrected chi connectivity index (χ2v) is 4.93. The average Bonchev–Trinajstić information content (AvgIpc) is 2.39. The van der Waals surface area contributed by atoms with Crippen LogP contribution in [-0.4, -0.2) is 42.0 Å². The lowest BCUT2D eigenvalue weighted by atomic mass is 9.92. The number of nitrogens with zero attached hydrogens (tertiary/aromatic N) is 1. The number of hydrogen-bond acceptors (Lipinski definition) is 4. The van der Waals surface area contributed by atoms with Gasteiger partial charge in [0.05, 0.1) is 7.11 Å². The molecule has 5 heteroatoms. The molecule has 0 N–H and O–H groups in total. The molecule has 0 aromatic heterocycles. The van der Waals surface area contributed by atoms with Gasteiger partial charge >= 0.3 is 0 Å². The third-order valence-corrected chi connectivity index (χ3v) is 3.34. The van der Waals surface area contributed by atoms with Crippen molar-refractivity contribution in [3.8, 4) is 0 Å². The average molecular weight is 263 g/mol. The topological polar surface area (TPSA) is 55.8 Å². The Labute approximate surface area is 112 Å². The van der Waals surface area contributed by atoms with Crippen molar-refractivity contribution in [2.75, 3.05) is 13.7 Å². The third kappa shape index (κ3) is 1.96. The lowest BCUT2D eigenvalue weighted by Crippen LogP contribution is -2.58. The zero-order valence-corrected chi connectivity index (χ0v) is 11.5. The summed E-state index contributed by atoms with van der Waals surface area (Å²) in [4.78, 5) is 25.2. The number of hydrogen-bond donors (Lipinski definition) is 0. The number of rotatable bonds is 2. The molecule has 1 unspecified atom stereocenters. The molecule has 0 aromatic rings. The highest BCUT2D eigenvalue weighted by Gasteiger charge is 2.47. The first-order chi connectivity index (χ1) is 8.96. The molecular formula is C14H17NO4. The molecule has 1 aliphatic heterocycles. The molecule has 0 saturated carbocycles. The first-order valence-electron chi connectivity index (χ1n) is 6.17. The Morgan fingerprint density at radius 2 is 2.16 bits per heavy atom. The molecule has 1 atom stereocenters. The number of allylic oxidation sites excluding steroid dienone is 2. The maximum absolute atomic E-state index is 12.4. The summed E-state index contributed by atoms with van der Waals surface area (Å²) in [5, 5.41) is 0. The molecule has 0 bridgehead atoms. The number of likely N-dealkylation sites (N-methyl/N-ethyl adjacent to an activating group) is 1. The van der Waals surface area contributed by atoms with Gasteiger partial charge in [0.1, 0.15) is 29.1 Å². The monoisotopic (exact) mass is 263 g/mol. The fourth-order valence-corrected chi connectivity index (χ4v) is 2.43. The van der Waals surface area contributed by atoms with Gasteiger partial charge in [0.2, 0.25) is 0 Å². The summed E-state index contributed by atoms with van der Waals surface area (Å²) in [6.07, 6.45) is 3.40. The summed E-state index contributed by atoms with van der Waals surface area (Å²) >= 11 is 0. The van der Waals surface area contributed by atoms with E-state index in [4.69, 9.17) is 9.47 Å². The summed E-state index contributed by atoms with van der Waals surface area (Å²) in [6.45, 7) is 5.78. The van der Waals surface area contributed by atoms with Crippen LogP contribution in [0.5, 0.6) is 0 Å². The summed E-state index contributed by atoms with van der Waals surface area (Å²) in [5.41, 5.74) is -0.629. The smallest absolute Gasteiger partial charge is 0.267 e. The highest BCUT2D eigenvalue weighted by Crippen LogP contribution is 2.37. The van der Waals surface area contributed by atoms with E-state index in [-0.39, 0.29) is 5.91 Å². The van der Waals surface area contributed by atoms with Crippen LogP contribution in [0, 0.1) is 0 Å². The molecule has 0 radical (unpaired) electrons. The second kappa shape index (κ2) is 4.59. The number of carbonyl (C=O) groups excluding carboxylic acids is 2. The number of ether oxygens (including phenoxy) is 2. The van der Waals surface area contributed by atoms with Gasteiger partial charge in [-0.2, -0.15) is 0 Å². The molecule has 102 valence electrons. The van der Waals surface area contributed by atoms with Crippen molar-refractivity contribution in [1.82, 2.24) is 4.90 Å². The van der Waals surface area contributed by atoms with Crippen LogP contribution in [0.4, 0.5) is 0 Å². The first-order valence-corrected chi connectivity index (χ1v) is 6.17. The Balaban J connectivity index is 2.54. The molecule has 2 aliphatic rings. The predicted octanol–water partition coefficient (Wildman–Crippen LogP) is 1.20. The maximum atomic E-state index is 12.4. The molecule has 5 nitrogen and oxygen atoms in total. The van der Waals surface area contributed by atoms with Crippen LogP contribution >= 0.6 is 0 Å². The van der Waals surface area contributed by atoms with Crippen molar-refractivity contribution in [3.05, 3.63) is 29.2 Å². The fraction of sp³-hybridized carbons (Fsp3) is 0.500. The Kier molecular flexibility index (Phi) is 3.25. The lowest BCUT2D eigenvalue weighted by molar-refractivity contribution is -0.161. The van der Waals surface area contributed by atoms with Gasteiger partial charge in [-0.3, -0.25) is 4.79 Å². The molecule has 1 heterocycles. The van der Waals surface area contributed by atoms with Crippen LogP contribution in [0.2, 0.25) is 0 Å². The van der Waals surface area contributed by atoms with Crippen molar-refractivity contribution in [2.45, 2.75) is 32.4 Å². The molecule has 1 amide bonds. The van der Waals surface area contributed by atoms with Crippen LogP contribution in [0.15, 0.2) is 29.2 Å². The zero-order chi connectivity index (χ0) is 14.2. The Morgan fingerprint density at radius 3 is 2.68 bits per heavy atom. The molecule has 0 aromatic carbocycles. The molecule has 0 spiro atoms. The van der Waals surface area contributed by atoms with Crippen LogP contribution in [0.3, 0.4) is 0 Å². The van der Waals surface area contributed by atoms with Gasteiger partial charge in [-0.05, 0) is 32.9 Å². The molecule has 1 fully saturated rings. The summed E-state index contributed by atoms with van der Waals surface area (Å²) in [7, 11) is 1.48. The van der Waals surface area contributed by atoms with Gasteiger partial charge < -0.3 is 14.4 Å². The van der Waals surface area contributed by atoms with E-state index in [2.05, 4.69) is 0 Å². The molecule has 19 heavy (non-hydrogen) atoms. The SMILES string of the molecule is CCN1C(=O)C(C)(C)OC2=CC=C(OC)C(=C=O)C21. The quantitative estimate of drug-likeness (QED) is 0.702. The van der Waals surface area contributed by atoms with Crippen LogP contribution in [0.25, 0.3) is 0 Å². The number of fused-ring (bicyclic) bond motifs is 1. The minimum atomic E-state index is -0.926. The van der Waals surface area contributed by atoms with Gasteiger partial charge in [-0.25, -0.2) is 4.79 Å². The van der Waals surface area contributed by atoms with E-state index in [9.17, 15) is 9.59 Å². The lowest BCUT2D eigenvalue weighted by Gasteiger charge is -2.45. The van der Waals surface area contributed by atoms with E-state index < -0.39 is 11.6 Å². The minimum absolute atomic E-state index is 0.151. The standard InChI is InChI=1S/C14H17NO4/c1-5-15-12-9(8-16)10(18-4)6-7-11(12)19-14(2,3)13(15)17/h6-7,12H,5H2,1-4H3. The van der Waals surface area contributed by atoms with Gasteiger partial charge in [0.15, 0.2) is 5.60 Å². The van der Waals surface area contributed by atoms with Crippen LogP contribution in [0.1, 0.15) is 20.8 Å². The fourth-order valence-electron chi connectivity index (χ4n) is 2.43. The third-order valence-electron chi connectivity index (χ3n) is 3.34. The predicted molar refractivity (Wildman–Crippen MR) is 68.7 cm³/mol. The van der Waals surface area contributed by atoms with E-state index in [1.165, 1.54) is 7.11 Å². The van der Waals surface area contributed by atoms with Crippen molar-refractivity contribution in [3.63, 3.8) is 0 Å². The number of carbonyl (C=O) groups is 1. The van der Waals surface area contributed by atoms with Crippen LogP contribution in [-0.2, 0) is 19.1 Å². The highest BCUT2D eigenvalue weighted by molar-refractivity contribution is 5.88. The van der Waals surface area contributed by atoms with Gasteiger partial charge in [-0.15, -0.1) is 0 Å². The van der Waals surface area contributed by atoms with Crippen molar-refractivity contribution >= 4 is 11.8 Å². The molecular weight excluding hydrogens is 246 g/mol. The van der Waals surface area contributed by atoms with E-state index in [0.717, 1.165) is 0 Å². The van der Waals surface area contributed by atoms with E-state index in [1.807, 2.05) is 12.9 Å². The van der Waals surface area contributed by atoms with Crippen LogP contribution < -0.4 is 0 Å². The normalized spacial score (nSPS) is 24.8. The van der Waals surface area contributed by atoms with Crippen molar-refractivity contribution in [1.29, 1.82) is 0 Å². The first kappa shape index (κ1) is 13.4. The minimum Gasteiger partial charge on any atom is -0.496 e. The van der Waals surface area contributed by atoms with Crippen molar-refractivity contribution in [2.24, 2.45) is 0 Å². The Bertz CT molecular complexity index is 524. The number of methoxy groups -OCH3 is 1. The van der Waals surface area contributed by atoms with E-state index >= 15 is 0 Å². The van der Waals surface area contributed by atoms with Gasteiger partial charge in [-0.1, -0.05) is 0 Å². The van der Waals surface area contributed by atoms with Crippen molar-refractivity contribution < 1.29 is 19.1 Å². The summed E-state index contributed by atoms with van der Waals surface area (Å²) < 4.78 is 10.9. The summed E-state index contributed by atoms with van der Waals surface area (Å²) in [6, 6.07) is -0.539. The zero-order valence-electron chi connectivity index (χ0n) is 11.5. The van der Waals surface area contributed by atoms with E-state index in [1.54, 1.807) is 30.9 Å². The molecule has 2 rings (SSSR count). The number of morpholine rings is 1. The molecule has 1 saturated heterocycles. The largest absolute Gasteiger partial charge is 0.496 e. The Morgan fingerprint density at radius 1 is 1.47 bits per heavy atom. The summed E-state index contributed by atoms with van der Waals surface area (Å²) in [5.74, 6) is 2.71. The maximum Gasteiger partial charge on any atom is 0.267 e. The molecule has 1 aliphatic carbocycles. The van der Waals surface area contributed by atoms with E-state index in [0.29, 0.717) is 23.6 Å².